The Balaban J connectivity index is 1.17. The van der Waals surface area contributed by atoms with Crippen LogP contribution in [-0.2, 0) is 34.0 Å². The van der Waals surface area contributed by atoms with Gasteiger partial charge in [0.25, 0.3) is 5.91 Å². The van der Waals surface area contributed by atoms with Crippen molar-refractivity contribution in [3.63, 3.8) is 0 Å². The molecule has 2 saturated carbocycles. The number of benzene rings is 2. The summed E-state index contributed by atoms with van der Waals surface area (Å²) in [5.74, 6) is -0.957. The standard InChI is InChI=1S/C32H40N4O5/c37-30-19-27(32(39)34-26-16-8-10-18-29(26)41-22-24-13-5-2-6-14-24)36(35-30)20-31(38)33-25-15-7-9-17-28(25)40-21-23-11-3-1-4-12-23/h1-6,11-14,19,25-26,28-29H,7-10,15-18,20-22H2,(H,33,38)(H,34,39)(H,35,37)/t25-,26-,28-,29-/m0/s1. The smallest absolute Gasteiger partial charge is 0.270 e. The molecule has 2 fully saturated rings. The summed E-state index contributed by atoms with van der Waals surface area (Å²) in [4.78, 5) is 26.4. The average Bonchev–Trinajstić information content (AvgIpc) is 3.37. The number of hydrogen-bond acceptors (Lipinski definition) is 6. The van der Waals surface area contributed by atoms with Gasteiger partial charge in [0.05, 0.1) is 37.5 Å². The largest absolute Gasteiger partial charge is 0.492 e. The van der Waals surface area contributed by atoms with Gasteiger partial charge in [-0.3, -0.25) is 9.59 Å². The lowest BCUT2D eigenvalue weighted by atomic mass is 9.92. The Morgan fingerprint density at radius 3 is 1.85 bits per heavy atom. The van der Waals surface area contributed by atoms with Crippen molar-refractivity contribution in [2.45, 2.75) is 95.4 Å². The molecular formula is C32H40N4O5. The van der Waals surface area contributed by atoms with Crippen molar-refractivity contribution < 1.29 is 24.2 Å². The van der Waals surface area contributed by atoms with E-state index in [1.807, 2.05) is 60.7 Å². The molecule has 1 heterocycles. The Hall–Kier alpha value is -3.69. The average molecular weight is 561 g/mol. The molecule has 2 aliphatic carbocycles. The van der Waals surface area contributed by atoms with Gasteiger partial charge in [-0.25, -0.2) is 4.68 Å². The van der Waals surface area contributed by atoms with Gasteiger partial charge in [0.15, 0.2) is 0 Å². The van der Waals surface area contributed by atoms with Crippen LogP contribution >= 0.6 is 0 Å². The number of aromatic hydroxyl groups is 1. The summed E-state index contributed by atoms with van der Waals surface area (Å²) in [5, 5.41) is 20.3. The molecule has 2 aliphatic rings. The number of carbonyl (C=O) groups excluding carboxylic acids is 2. The topological polar surface area (TPSA) is 115 Å². The van der Waals surface area contributed by atoms with Crippen LogP contribution in [0.5, 0.6) is 5.88 Å². The summed E-state index contributed by atoms with van der Waals surface area (Å²) in [7, 11) is 0. The fourth-order valence-corrected chi connectivity index (χ4v) is 5.82. The van der Waals surface area contributed by atoms with E-state index in [9.17, 15) is 14.7 Å². The number of ether oxygens (including phenoxy) is 2. The summed E-state index contributed by atoms with van der Waals surface area (Å²) in [5.41, 5.74) is 2.32. The zero-order valence-corrected chi connectivity index (χ0v) is 23.4. The maximum atomic E-state index is 13.3. The zero-order valence-electron chi connectivity index (χ0n) is 23.4. The van der Waals surface area contributed by atoms with Crippen molar-refractivity contribution in [2.24, 2.45) is 0 Å². The third-order valence-corrected chi connectivity index (χ3v) is 7.97. The number of aromatic nitrogens is 2. The highest BCUT2D eigenvalue weighted by Gasteiger charge is 2.30. The lowest BCUT2D eigenvalue weighted by molar-refractivity contribution is -0.124. The number of nitrogens with one attached hydrogen (secondary N) is 2. The minimum Gasteiger partial charge on any atom is -0.492 e. The predicted molar refractivity (Wildman–Crippen MR) is 154 cm³/mol. The first-order chi connectivity index (χ1) is 20.0. The van der Waals surface area contributed by atoms with E-state index in [-0.39, 0.29) is 54.2 Å². The van der Waals surface area contributed by atoms with E-state index in [1.54, 1.807) is 0 Å². The maximum absolute atomic E-state index is 13.3. The lowest BCUT2D eigenvalue weighted by Crippen LogP contribution is -2.48. The number of nitrogens with zero attached hydrogens (tertiary/aromatic N) is 2. The first kappa shape index (κ1) is 28.8. The van der Waals surface area contributed by atoms with E-state index in [2.05, 4.69) is 15.7 Å². The molecule has 0 spiro atoms. The first-order valence-electron chi connectivity index (χ1n) is 14.7. The summed E-state index contributed by atoms with van der Waals surface area (Å²) in [6.07, 6.45) is 7.29. The molecule has 218 valence electrons. The summed E-state index contributed by atoms with van der Waals surface area (Å²) in [6, 6.07) is 21.0. The van der Waals surface area contributed by atoms with Gasteiger partial charge in [0.2, 0.25) is 11.8 Å². The molecule has 3 aromatic rings. The minimum atomic E-state index is -0.382. The molecule has 9 heteroatoms. The Kier molecular flexibility index (Phi) is 10.0. The Morgan fingerprint density at radius 2 is 1.29 bits per heavy atom. The van der Waals surface area contributed by atoms with Crippen LogP contribution in [0, 0.1) is 0 Å². The van der Waals surface area contributed by atoms with Crippen molar-refractivity contribution in [3.05, 3.63) is 83.6 Å². The van der Waals surface area contributed by atoms with E-state index >= 15 is 0 Å². The Morgan fingerprint density at radius 1 is 0.780 bits per heavy atom. The van der Waals surface area contributed by atoms with Gasteiger partial charge in [-0.15, -0.1) is 5.10 Å². The second-order valence-electron chi connectivity index (χ2n) is 11.0. The van der Waals surface area contributed by atoms with E-state index in [4.69, 9.17) is 9.47 Å². The van der Waals surface area contributed by atoms with Crippen LogP contribution in [-0.4, -0.2) is 51.0 Å². The summed E-state index contributed by atoms with van der Waals surface area (Å²) in [6.45, 7) is 0.796. The molecule has 2 amide bonds. The quantitative estimate of drug-likeness (QED) is 0.318. The van der Waals surface area contributed by atoms with Crippen LogP contribution < -0.4 is 10.6 Å². The van der Waals surface area contributed by atoms with E-state index in [0.717, 1.165) is 62.5 Å². The van der Waals surface area contributed by atoms with Gasteiger partial charge in [0.1, 0.15) is 12.2 Å². The van der Waals surface area contributed by atoms with Crippen molar-refractivity contribution in [3.8, 4) is 5.88 Å². The van der Waals surface area contributed by atoms with E-state index < -0.39 is 0 Å². The van der Waals surface area contributed by atoms with Crippen LogP contribution in [0.4, 0.5) is 0 Å². The minimum absolute atomic E-state index is 0.0826. The van der Waals surface area contributed by atoms with E-state index in [0.29, 0.717) is 13.2 Å². The van der Waals surface area contributed by atoms with Gasteiger partial charge in [0, 0.05) is 6.07 Å². The van der Waals surface area contributed by atoms with Gasteiger partial charge in [-0.1, -0.05) is 86.3 Å². The van der Waals surface area contributed by atoms with Gasteiger partial charge in [-0.2, -0.15) is 0 Å². The zero-order chi connectivity index (χ0) is 28.4. The molecule has 4 atom stereocenters. The lowest BCUT2D eigenvalue weighted by Gasteiger charge is -2.32. The molecule has 0 radical (unpaired) electrons. The first-order valence-corrected chi connectivity index (χ1v) is 14.7. The molecule has 9 nitrogen and oxygen atoms in total. The fraction of sp³-hybridized carbons (Fsp3) is 0.469. The van der Waals surface area contributed by atoms with Crippen LogP contribution in [0.25, 0.3) is 0 Å². The normalized spacial score (nSPS) is 22.6. The molecule has 0 aliphatic heterocycles. The van der Waals surface area contributed by atoms with Crippen molar-refractivity contribution in [1.82, 2.24) is 20.4 Å². The van der Waals surface area contributed by atoms with Crippen LogP contribution in [0.2, 0.25) is 0 Å². The molecule has 41 heavy (non-hydrogen) atoms. The second-order valence-corrected chi connectivity index (χ2v) is 11.0. The number of amides is 2. The van der Waals surface area contributed by atoms with Gasteiger partial charge >= 0.3 is 0 Å². The number of carbonyl (C=O) groups is 2. The fourth-order valence-electron chi connectivity index (χ4n) is 5.82. The van der Waals surface area contributed by atoms with Crippen LogP contribution in [0.1, 0.15) is 73.0 Å². The molecule has 2 aromatic carbocycles. The second kappa shape index (κ2) is 14.3. The van der Waals surface area contributed by atoms with Crippen molar-refractivity contribution in [2.75, 3.05) is 0 Å². The summed E-state index contributed by atoms with van der Waals surface area (Å²) < 4.78 is 13.7. The molecule has 0 bridgehead atoms. The third-order valence-electron chi connectivity index (χ3n) is 7.97. The number of hydrogen-bond donors (Lipinski definition) is 3. The molecular weight excluding hydrogens is 520 g/mol. The Bertz CT molecular complexity index is 1270. The van der Waals surface area contributed by atoms with Crippen molar-refractivity contribution >= 4 is 11.8 Å². The summed E-state index contributed by atoms with van der Waals surface area (Å²) >= 11 is 0. The molecule has 5 rings (SSSR count). The molecule has 3 N–H and O–H groups in total. The highest BCUT2D eigenvalue weighted by atomic mass is 16.5. The highest BCUT2D eigenvalue weighted by Crippen LogP contribution is 2.24. The maximum Gasteiger partial charge on any atom is 0.270 e. The van der Waals surface area contributed by atoms with Crippen LogP contribution in [0.3, 0.4) is 0 Å². The monoisotopic (exact) mass is 560 g/mol. The predicted octanol–water partition coefficient (Wildman–Crippen LogP) is 4.49. The Labute approximate surface area is 241 Å². The SMILES string of the molecule is O=C(Cn1nc(O)cc1C(=O)N[C@H]1CCCC[C@@H]1OCc1ccccc1)N[C@H]1CCCC[C@@H]1OCc1ccccc1. The molecule has 0 saturated heterocycles. The molecule has 1 aromatic heterocycles. The molecule has 0 unspecified atom stereocenters. The van der Waals surface area contributed by atoms with Crippen LogP contribution in [0.15, 0.2) is 66.7 Å². The van der Waals surface area contributed by atoms with Crippen molar-refractivity contribution in [1.29, 1.82) is 0 Å². The number of rotatable bonds is 11. The van der Waals surface area contributed by atoms with Gasteiger partial charge in [-0.05, 0) is 36.8 Å². The van der Waals surface area contributed by atoms with Gasteiger partial charge < -0.3 is 25.2 Å². The van der Waals surface area contributed by atoms with E-state index in [1.165, 1.54) is 10.7 Å². The third kappa shape index (κ3) is 8.17. The highest BCUT2D eigenvalue weighted by molar-refractivity contribution is 5.93.